The molecule has 7 heteroatoms. The van der Waals surface area contributed by atoms with E-state index in [9.17, 15) is 9.59 Å². The van der Waals surface area contributed by atoms with Crippen LogP contribution in [0.4, 0.5) is 5.69 Å². The maximum absolute atomic E-state index is 13.0. The summed E-state index contributed by atoms with van der Waals surface area (Å²) in [7, 11) is 0. The van der Waals surface area contributed by atoms with Crippen LogP contribution >= 0.6 is 15.9 Å². The number of rotatable bonds is 6. The Morgan fingerprint density at radius 3 is 2.52 bits per heavy atom. The lowest BCUT2D eigenvalue weighted by Crippen LogP contribution is -2.32. The number of aromatic nitrogens is 1. The number of hydrogen-bond donors (Lipinski definition) is 1. The Morgan fingerprint density at radius 1 is 1.03 bits per heavy atom. The third-order valence-electron chi connectivity index (χ3n) is 4.72. The number of para-hydroxylation sites is 3. The lowest BCUT2D eigenvalue weighted by Gasteiger charge is -2.17. The van der Waals surface area contributed by atoms with Gasteiger partial charge in [-0.2, -0.15) is 0 Å². The summed E-state index contributed by atoms with van der Waals surface area (Å²) in [5.74, 6) is -0.700. The van der Waals surface area contributed by atoms with Crippen molar-refractivity contribution in [3.8, 4) is 11.5 Å². The van der Waals surface area contributed by atoms with Crippen LogP contribution in [0.15, 0.2) is 81.7 Å². The number of carbonyl (C=O) groups is 2. The Labute approximate surface area is 187 Å². The van der Waals surface area contributed by atoms with E-state index in [4.69, 9.17) is 9.15 Å². The third kappa shape index (κ3) is 4.51. The van der Waals surface area contributed by atoms with Crippen molar-refractivity contribution in [3.63, 3.8) is 0 Å². The molecular formula is C24H19BrN2O4. The minimum Gasteiger partial charge on any atom is -0.449 e. The Morgan fingerprint density at radius 2 is 1.74 bits per heavy atom. The van der Waals surface area contributed by atoms with Gasteiger partial charge in [-0.15, -0.1) is 0 Å². The zero-order chi connectivity index (χ0) is 21.8. The molecule has 31 heavy (non-hydrogen) atoms. The number of fused-ring (bicyclic) bond motifs is 1. The molecule has 156 valence electrons. The number of esters is 1. The summed E-state index contributed by atoms with van der Waals surface area (Å²) in [4.78, 5) is 30.1. The molecule has 0 aliphatic heterocycles. The number of nitrogens with one attached hydrogen (secondary N) is 1. The quantitative estimate of drug-likeness (QED) is 0.352. The number of oxazole rings is 1. The molecule has 0 aliphatic carbocycles. The van der Waals surface area contributed by atoms with Gasteiger partial charge in [0.15, 0.2) is 11.7 Å². The number of nitrogens with zero attached hydrogens (tertiary/aromatic N) is 1. The number of hydrogen-bond acceptors (Lipinski definition) is 5. The van der Waals surface area contributed by atoms with Gasteiger partial charge in [0.2, 0.25) is 5.89 Å². The molecular weight excluding hydrogens is 460 g/mol. The first kappa shape index (κ1) is 20.8. The van der Waals surface area contributed by atoms with Crippen molar-refractivity contribution in [2.45, 2.75) is 19.4 Å². The standard InChI is InChI=1S/C24H19BrN2O4/c1-2-20(22(28)26-18-12-6-5-11-17(18)25)31-24(29)16-10-4-3-9-15(16)23-27-19-13-7-8-14-21(19)30-23/h3-14,20H,2H2,1H3,(H,26,28). The summed E-state index contributed by atoms with van der Waals surface area (Å²) < 4.78 is 12.1. The van der Waals surface area contributed by atoms with E-state index in [1.54, 1.807) is 37.3 Å². The van der Waals surface area contributed by atoms with E-state index in [0.717, 1.165) is 4.47 Å². The van der Waals surface area contributed by atoms with Crippen LogP contribution in [0.2, 0.25) is 0 Å². The summed E-state index contributed by atoms with van der Waals surface area (Å²) in [5, 5.41) is 2.79. The Kier molecular flexibility index (Phi) is 6.13. The molecule has 6 nitrogen and oxygen atoms in total. The second-order valence-corrected chi connectivity index (χ2v) is 7.66. The zero-order valence-electron chi connectivity index (χ0n) is 16.7. The lowest BCUT2D eigenvalue weighted by molar-refractivity contribution is -0.124. The first-order valence-electron chi connectivity index (χ1n) is 9.78. The Bertz CT molecular complexity index is 1220. The average Bonchev–Trinajstić information content (AvgIpc) is 3.23. The van der Waals surface area contributed by atoms with Crippen LogP contribution in [0.5, 0.6) is 0 Å². The van der Waals surface area contributed by atoms with E-state index < -0.39 is 18.0 Å². The van der Waals surface area contributed by atoms with Crippen molar-refractivity contribution in [2.75, 3.05) is 5.32 Å². The van der Waals surface area contributed by atoms with Gasteiger partial charge in [0.1, 0.15) is 5.52 Å². The van der Waals surface area contributed by atoms with Gasteiger partial charge < -0.3 is 14.5 Å². The average molecular weight is 479 g/mol. The van der Waals surface area contributed by atoms with Crippen LogP contribution in [-0.2, 0) is 9.53 Å². The molecule has 0 fully saturated rings. The van der Waals surface area contributed by atoms with Gasteiger partial charge in [0.05, 0.1) is 16.8 Å². The van der Waals surface area contributed by atoms with Gasteiger partial charge in [0, 0.05) is 4.47 Å². The fraction of sp³-hybridized carbons (Fsp3) is 0.125. The Hall–Kier alpha value is -3.45. The largest absolute Gasteiger partial charge is 0.449 e. The van der Waals surface area contributed by atoms with Crippen molar-refractivity contribution < 1.29 is 18.7 Å². The highest BCUT2D eigenvalue weighted by atomic mass is 79.9. The number of anilines is 1. The Balaban J connectivity index is 1.56. The second kappa shape index (κ2) is 9.14. The molecule has 4 aromatic rings. The van der Waals surface area contributed by atoms with Gasteiger partial charge in [-0.3, -0.25) is 4.79 Å². The van der Waals surface area contributed by atoms with E-state index >= 15 is 0 Å². The van der Waals surface area contributed by atoms with Crippen LogP contribution in [0, 0.1) is 0 Å². The molecule has 0 spiro atoms. The molecule has 0 aliphatic rings. The summed E-state index contributed by atoms with van der Waals surface area (Å²) in [6.07, 6.45) is -0.621. The first-order valence-corrected chi connectivity index (χ1v) is 10.6. The van der Waals surface area contributed by atoms with Gasteiger partial charge in [-0.25, -0.2) is 9.78 Å². The molecule has 1 N–H and O–H groups in total. The molecule has 0 radical (unpaired) electrons. The molecule has 1 aromatic heterocycles. The summed E-state index contributed by atoms with van der Waals surface area (Å²) in [6, 6.07) is 21.5. The van der Waals surface area contributed by atoms with Crippen LogP contribution in [0.3, 0.4) is 0 Å². The molecule has 1 unspecified atom stereocenters. The van der Waals surface area contributed by atoms with Gasteiger partial charge in [-0.05, 0) is 58.7 Å². The minimum absolute atomic E-state index is 0.279. The number of halogens is 1. The number of carbonyl (C=O) groups excluding carboxylic acids is 2. The zero-order valence-corrected chi connectivity index (χ0v) is 18.3. The molecule has 3 aromatic carbocycles. The summed E-state index contributed by atoms with van der Waals surface area (Å²) in [6.45, 7) is 1.78. The highest BCUT2D eigenvalue weighted by Gasteiger charge is 2.25. The number of amides is 1. The minimum atomic E-state index is -0.948. The van der Waals surface area contributed by atoms with E-state index in [-0.39, 0.29) is 5.56 Å². The van der Waals surface area contributed by atoms with Crippen LogP contribution in [0.1, 0.15) is 23.7 Å². The molecule has 1 amide bonds. The van der Waals surface area contributed by atoms with E-state index in [1.807, 2.05) is 42.5 Å². The second-order valence-electron chi connectivity index (χ2n) is 6.80. The fourth-order valence-electron chi connectivity index (χ4n) is 3.13. The lowest BCUT2D eigenvalue weighted by atomic mass is 10.1. The molecule has 1 heterocycles. The number of ether oxygens (including phenoxy) is 1. The van der Waals surface area contributed by atoms with Gasteiger partial charge in [0.25, 0.3) is 5.91 Å². The predicted molar refractivity (Wildman–Crippen MR) is 122 cm³/mol. The normalized spacial score (nSPS) is 11.8. The highest BCUT2D eigenvalue weighted by Crippen LogP contribution is 2.28. The van der Waals surface area contributed by atoms with Crippen LogP contribution < -0.4 is 5.32 Å². The molecule has 0 saturated carbocycles. The molecule has 0 saturated heterocycles. The van der Waals surface area contributed by atoms with Crippen LogP contribution in [0.25, 0.3) is 22.6 Å². The van der Waals surface area contributed by atoms with Crippen molar-refractivity contribution in [1.29, 1.82) is 0 Å². The van der Waals surface area contributed by atoms with E-state index in [1.165, 1.54) is 0 Å². The number of benzene rings is 3. The fourth-order valence-corrected chi connectivity index (χ4v) is 3.51. The topological polar surface area (TPSA) is 81.4 Å². The van der Waals surface area contributed by atoms with Crippen molar-refractivity contribution in [2.24, 2.45) is 0 Å². The SMILES string of the molecule is CCC(OC(=O)c1ccccc1-c1nc2ccccc2o1)C(=O)Nc1ccccc1Br. The maximum Gasteiger partial charge on any atom is 0.339 e. The molecule has 0 bridgehead atoms. The smallest absolute Gasteiger partial charge is 0.339 e. The van der Waals surface area contributed by atoms with Crippen molar-refractivity contribution in [3.05, 3.63) is 82.8 Å². The van der Waals surface area contributed by atoms with Crippen molar-refractivity contribution in [1.82, 2.24) is 4.98 Å². The van der Waals surface area contributed by atoms with Crippen molar-refractivity contribution >= 4 is 44.6 Å². The van der Waals surface area contributed by atoms with E-state index in [0.29, 0.717) is 34.7 Å². The molecule has 1 atom stereocenters. The molecule has 4 rings (SSSR count). The first-order chi connectivity index (χ1) is 15.1. The monoisotopic (exact) mass is 478 g/mol. The summed E-state index contributed by atoms with van der Waals surface area (Å²) in [5.41, 5.74) is 2.71. The van der Waals surface area contributed by atoms with Crippen LogP contribution in [-0.4, -0.2) is 23.0 Å². The van der Waals surface area contributed by atoms with Gasteiger partial charge >= 0.3 is 5.97 Å². The third-order valence-corrected chi connectivity index (χ3v) is 5.41. The predicted octanol–water partition coefficient (Wildman–Crippen LogP) is 5.83. The van der Waals surface area contributed by atoms with E-state index in [2.05, 4.69) is 26.2 Å². The van der Waals surface area contributed by atoms with Gasteiger partial charge in [-0.1, -0.05) is 43.3 Å². The highest BCUT2D eigenvalue weighted by molar-refractivity contribution is 9.10. The maximum atomic E-state index is 13.0. The summed E-state index contributed by atoms with van der Waals surface area (Å²) >= 11 is 3.39.